The summed E-state index contributed by atoms with van der Waals surface area (Å²) in [6.07, 6.45) is -4.57. The summed E-state index contributed by atoms with van der Waals surface area (Å²) in [7, 11) is -3.82. The van der Waals surface area contributed by atoms with Gasteiger partial charge in [0.25, 0.3) is 0 Å². The molecule has 0 radical (unpaired) electrons. The Balaban J connectivity index is 1.36. The number of halogens is 4. The summed E-state index contributed by atoms with van der Waals surface area (Å²) < 4.78 is 66.8. The van der Waals surface area contributed by atoms with Crippen LogP contribution in [0.3, 0.4) is 0 Å². The third-order valence-electron chi connectivity index (χ3n) is 6.02. The minimum Gasteiger partial charge on any atom is -0.354 e. The largest absolute Gasteiger partial charge is 0.416 e. The summed E-state index contributed by atoms with van der Waals surface area (Å²) in [5.74, 6) is -0.125. The van der Waals surface area contributed by atoms with Crippen molar-refractivity contribution in [2.24, 2.45) is 0 Å². The van der Waals surface area contributed by atoms with Gasteiger partial charge in [0.05, 0.1) is 17.0 Å². The third kappa shape index (κ3) is 6.45. The van der Waals surface area contributed by atoms with E-state index in [1.165, 1.54) is 28.6 Å². The fourth-order valence-electron chi connectivity index (χ4n) is 4.10. The molecule has 1 aromatic heterocycles. The summed E-state index contributed by atoms with van der Waals surface area (Å²) in [5, 5.41) is 5.71. The topological polar surface area (TPSA) is 97.9 Å². The molecule has 0 unspecified atom stereocenters. The lowest BCUT2D eigenvalue weighted by atomic mass is 10.2. The van der Waals surface area contributed by atoms with Gasteiger partial charge in [0, 0.05) is 58.0 Å². The van der Waals surface area contributed by atoms with E-state index in [-0.39, 0.29) is 54.5 Å². The second-order valence-corrected chi connectivity index (χ2v) is 10.8. The van der Waals surface area contributed by atoms with Crippen molar-refractivity contribution in [1.29, 1.82) is 0 Å². The molecule has 14 heteroatoms. The third-order valence-corrected chi connectivity index (χ3v) is 8.13. The van der Waals surface area contributed by atoms with E-state index in [0.29, 0.717) is 5.69 Å². The molecule has 0 spiro atoms. The average molecular weight is 547 g/mol. The van der Waals surface area contributed by atoms with Gasteiger partial charge in [-0.25, -0.2) is 13.4 Å². The number of anilines is 2. The van der Waals surface area contributed by atoms with Crippen molar-refractivity contribution in [2.45, 2.75) is 11.1 Å². The fourth-order valence-corrected chi connectivity index (χ4v) is 5.72. The smallest absolute Gasteiger partial charge is 0.354 e. The molecule has 4 rings (SSSR count). The number of nitrogens with one attached hydrogen (secondary N) is 2. The van der Waals surface area contributed by atoms with Gasteiger partial charge in [-0.2, -0.15) is 17.5 Å². The van der Waals surface area contributed by atoms with Crippen LogP contribution in [0.1, 0.15) is 5.56 Å². The van der Waals surface area contributed by atoms with E-state index in [2.05, 4.69) is 15.6 Å². The molecule has 9 nitrogen and oxygen atoms in total. The second kappa shape index (κ2) is 10.9. The van der Waals surface area contributed by atoms with E-state index in [4.69, 9.17) is 11.6 Å². The van der Waals surface area contributed by atoms with Crippen LogP contribution < -0.4 is 15.5 Å². The first kappa shape index (κ1) is 26.6. The van der Waals surface area contributed by atoms with Crippen molar-refractivity contribution < 1.29 is 26.4 Å². The number of benzene rings is 1. The van der Waals surface area contributed by atoms with Crippen LogP contribution in [-0.2, 0) is 21.0 Å². The summed E-state index contributed by atoms with van der Waals surface area (Å²) in [6.45, 7) is 3.95. The van der Waals surface area contributed by atoms with E-state index in [0.717, 1.165) is 38.3 Å². The van der Waals surface area contributed by atoms with Gasteiger partial charge in [-0.3, -0.25) is 9.69 Å². The molecule has 2 saturated heterocycles. The summed E-state index contributed by atoms with van der Waals surface area (Å²) in [6, 6.07) is 7.58. The van der Waals surface area contributed by atoms with E-state index in [1.807, 2.05) is 4.90 Å². The number of aromatic nitrogens is 1. The number of alkyl halides is 3. The first-order valence-electron chi connectivity index (χ1n) is 11.4. The fraction of sp³-hybridized carbons (Fsp3) is 0.455. The van der Waals surface area contributed by atoms with Crippen molar-refractivity contribution in [1.82, 2.24) is 19.5 Å². The van der Waals surface area contributed by atoms with Gasteiger partial charge in [-0.15, -0.1) is 0 Å². The maximum Gasteiger partial charge on any atom is 0.416 e. The van der Waals surface area contributed by atoms with Gasteiger partial charge in [0.2, 0.25) is 15.9 Å². The van der Waals surface area contributed by atoms with Gasteiger partial charge < -0.3 is 15.5 Å². The molecule has 1 aromatic carbocycles. The molecule has 2 N–H and O–H groups in total. The van der Waals surface area contributed by atoms with Gasteiger partial charge in [0.15, 0.2) is 0 Å². The maximum absolute atomic E-state index is 13.1. The zero-order valence-electron chi connectivity index (χ0n) is 19.3. The number of pyridine rings is 1. The molecular weight excluding hydrogens is 521 g/mol. The van der Waals surface area contributed by atoms with Gasteiger partial charge >= 0.3 is 6.18 Å². The van der Waals surface area contributed by atoms with Crippen LogP contribution >= 0.6 is 11.6 Å². The molecule has 2 aliphatic rings. The van der Waals surface area contributed by atoms with E-state index in [9.17, 15) is 26.4 Å². The van der Waals surface area contributed by atoms with Gasteiger partial charge in [-0.1, -0.05) is 11.6 Å². The minimum absolute atomic E-state index is 0.0489. The highest BCUT2D eigenvalue weighted by Gasteiger charge is 2.33. The molecule has 0 atom stereocenters. The molecule has 0 saturated carbocycles. The molecule has 0 bridgehead atoms. The predicted molar refractivity (Wildman–Crippen MR) is 130 cm³/mol. The number of sulfonamides is 1. The van der Waals surface area contributed by atoms with E-state index < -0.39 is 21.8 Å². The van der Waals surface area contributed by atoms with Gasteiger partial charge in [-0.05, 0) is 36.4 Å². The first-order valence-corrected chi connectivity index (χ1v) is 13.2. The number of rotatable bonds is 6. The Hall–Kier alpha value is -2.45. The van der Waals surface area contributed by atoms with Crippen LogP contribution in [0.4, 0.5) is 24.7 Å². The Bertz CT molecular complexity index is 1180. The SMILES string of the molecule is O=C(CN1CCNCC1)Nc1ccc(S(=O)(=O)N2CCN(c3cc(C(F)(F)F)cc(Cl)n3)CC2)cc1. The van der Waals surface area contributed by atoms with Crippen LogP contribution in [0.25, 0.3) is 0 Å². The zero-order valence-corrected chi connectivity index (χ0v) is 20.8. The number of piperazine rings is 2. The first-order chi connectivity index (χ1) is 17.0. The standard InChI is InChI=1S/C22H26ClF3N6O3S/c23-19-13-16(22(24,25)26)14-20(29-19)31-9-11-32(12-10-31)36(34,35)18-3-1-17(2-4-18)28-21(33)15-30-7-5-27-6-8-30/h1-4,13-14,27H,5-12,15H2,(H,28,33). The Morgan fingerprint density at radius 2 is 1.67 bits per heavy atom. The molecule has 2 aliphatic heterocycles. The summed E-state index contributed by atoms with van der Waals surface area (Å²) in [5.41, 5.74) is -0.418. The predicted octanol–water partition coefficient (Wildman–Crippen LogP) is 2.11. The number of hydrogen-bond donors (Lipinski definition) is 2. The lowest BCUT2D eigenvalue weighted by Crippen LogP contribution is -2.49. The van der Waals surface area contributed by atoms with Crippen LogP contribution in [0.15, 0.2) is 41.3 Å². The lowest BCUT2D eigenvalue weighted by Gasteiger charge is -2.35. The highest BCUT2D eigenvalue weighted by Crippen LogP contribution is 2.33. The number of hydrogen-bond acceptors (Lipinski definition) is 7. The minimum atomic E-state index is -4.57. The highest BCUT2D eigenvalue weighted by atomic mass is 35.5. The normalized spacial score (nSPS) is 18.3. The van der Waals surface area contributed by atoms with Crippen LogP contribution in [0, 0.1) is 0 Å². The van der Waals surface area contributed by atoms with Gasteiger partial charge in [0.1, 0.15) is 11.0 Å². The van der Waals surface area contributed by atoms with Crippen molar-refractivity contribution in [2.75, 3.05) is 69.1 Å². The summed E-state index contributed by atoms with van der Waals surface area (Å²) in [4.78, 5) is 19.9. The number of nitrogens with zero attached hydrogens (tertiary/aromatic N) is 4. The van der Waals surface area contributed by atoms with Crippen molar-refractivity contribution in [3.8, 4) is 0 Å². The Labute approximate surface area is 212 Å². The van der Waals surface area contributed by atoms with Crippen LogP contribution in [0.2, 0.25) is 5.15 Å². The lowest BCUT2D eigenvalue weighted by molar-refractivity contribution is -0.137. The zero-order chi connectivity index (χ0) is 25.9. The molecule has 1 amide bonds. The number of carbonyl (C=O) groups excluding carboxylic acids is 1. The average Bonchev–Trinajstić information content (AvgIpc) is 2.84. The van der Waals surface area contributed by atoms with Crippen molar-refractivity contribution in [3.05, 3.63) is 47.1 Å². The highest BCUT2D eigenvalue weighted by molar-refractivity contribution is 7.89. The quantitative estimate of drug-likeness (QED) is 0.536. The molecule has 3 heterocycles. The molecule has 36 heavy (non-hydrogen) atoms. The Kier molecular flexibility index (Phi) is 8.05. The molecule has 0 aliphatic carbocycles. The Morgan fingerprint density at radius 1 is 1.03 bits per heavy atom. The van der Waals surface area contributed by atoms with Crippen LogP contribution in [-0.4, -0.2) is 87.4 Å². The molecule has 2 aromatic rings. The van der Waals surface area contributed by atoms with E-state index in [1.54, 1.807) is 4.90 Å². The Morgan fingerprint density at radius 3 is 2.28 bits per heavy atom. The second-order valence-electron chi connectivity index (χ2n) is 8.52. The van der Waals surface area contributed by atoms with Crippen LogP contribution in [0.5, 0.6) is 0 Å². The molecular formula is C22H26ClF3N6O3S. The van der Waals surface area contributed by atoms with Crippen molar-refractivity contribution >= 4 is 39.0 Å². The van der Waals surface area contributed by atoms with Crippen molar-refractivity contribution in [3.63, 3.8) is 0 Å². The summed E-state index contributed by atoms with van der Waals surface area (Å²) >= 11 is 5.77. The maximum atomic E-state index is 13.1. The van der Waals surface area contributed by atoms with E-state index >= 15 is 0 Å². The monoisotopic (exact) mass is 546 g/mol. The number of carbonyl (C=O) groups is 1. The number of amides is 1. The molecule has 2 fully saturated rings. The molecule has 196 valence electrons.